The molecule has 0 aromatic heterocycles. The van der Waals surface area contributed by atoms with Gasteiger partial charge >= 0.3 is 8.60 Å². The highest BCUT2D eigenvalue weighted by Crippen LogP contribution is 2.27. The standard InChI is InChI=1S/C6H7O3P.C2H6/c7-10(8)9-6-4-2-1-3-5-6;1-2/h1-5,7-8H;1-2H3. The van der Waals surface area contributed by atoms with E-state index in [9.17, 15) is 0 Å². The molecule has 0 saturated carbocycles. The van der Waals surface area contributed by atoms with Crippen LogP contribution < -0.4 is 4.52 Å². The smallest absolute Gasteiger partial charge is 0.391 e. The molecule has 2 N–H and O–H groups in total. The molecule has 0 bridgehead atoms. The molecule has 0 spiro atoms. The Morgan fingerprint density at radius 2 is 1.58 bits per heavy atom. The minimum atomic E-state index is -2.28. The average molecular weight is 188 g/mol. The van der Waals surface area contributed by atoms with Crippen LogP contribution in [-0.2, 0) is 0 Å². The van der Waals surface area contributed by atoms with Crippen molar-refractivity contribution in [1.82, 2.24) is 0 Å². The molecule has 1 aromatic rings. The van der Waals surface area contributed by atoms with E-state index < -0.39 is 8.60 Å². The van der Waals surface area contributed by atoms with Gasteiger partial charge in [-0.25, -0.2) is 0 Å². The molecule has 3 nitrogen and oxygen atoms in total. The van der Waals surface area contributed by atoms with Gasteiger partial charge in [0.05, 0.1) is 0 Å². The second kappa shape index (κ2) is 7.04. The first-order valence-electron chi connectivity index (χ1n) is 3.70. The van der Waals surface area contributed by atoms with E-state index in [1.807, 2.05) is 19.9 Å². The summed E-state index contributed by atoms with van der Waals surface area (Å²) in [5.74, 6) is 0.471. The molecule has 0 fully saturated rings. The largest absolute Gasteiger partial charge is 0.427 e. The van der Waals surface area contributed by atoms with Crippen molar-refractivity contribution in [2.45, 2.75) is 13.8 Å². The number of para-hydroxylation sites is 1. The van der Waals surface area contributed by atoms with Gasteiger partial charge in [0, 0.05) is 0 Å². The van der Waals surface area contributed by atoms with Gasteiger partial charge in [-0.15, -0.1) is 0 Å². The van der Waals surface area contributed by atoms with Crippen LogP contribution in [0.3, 0.4) is 0 Å². The van der Waals surface area contributed by atoms with Gasteiger partial charge in [-0.2, -0.15) is 0 Å². The topological polar surface area (TPSA) is 49.7 Å². The second-order valence-electron chi connectivity index (χ2n) is 1.66. The fourth-order valence-electron chi connectivity index (χ4n) is 0.576. The van der Waals surface area contributed by atoms with E-state index in [1.54, 1.807) is 24.3 Å². The van der Waals surface area contributed by atoms with Gasteiger partial charge in [-0.3, -0.25) is 0 Å². The third-order valence-corrected chi connectivity index (χ3v) is 1.30. The highest BCUT2D eigenvalue weighted by molar-refractivity contribution is 7.39. The van der Waals surface area contributed by atoms with E-state index in [-0.39, 0.29) is 0 Å². The third-order valence-electron chi connectivity index (χ3n) is 0.930. The van der Waals surface area contributed by atoms with Crippen molar-refractivity contribution < 1.29 is 14.3 Å². The maximum absolute atomic E-state index is 8.40. The molecule has 0 amide bonds. The molecule has 0 aliphatic carbocycles. The van der Waals surface area contributed by atoms with Gasteiger partial charge < -0.3 is 14.3 Å². The van der Waals surface area contributed by atoms with Crippen LogP contribution in [0.4, 0.5) is 0 Å². The number of hydrogen-bond acceptors (Lipinski definition) is 3. The highest BCUT2D eigenvalue weighted by atomic mass is 31.2. The molecular formula is C8H13O3P. The third kappa shape index (κ3) is 5.08. The molecule has 68 valence electrons. The van der Waals surface area contributed by atoms with Crippen LogP contribution in [0, 0.1) is 0 Å². The van der Waals surface area contributed by atoms with Crippen LogP contribution in [0.2, 0.25) is 0 Å². The van der Waals surface area contributed by atoms with Crippen LogP contribution in [0.5, 0.6) is 5.75 Å². The van der Waals surface area contributed by atoms with Crippen LogP contribution in [0.15, 0.2) is 30.3 Å². The van der Waals surface area contributed by atoms with E-state index in [0.29, 0.717) is 5.75 Å². The number of rotatable bonds is 2. The molecule has 0 aliphatic rings. The molecule has 1 rings (SSSR count). The normalized spacial score (nSPS) is 8.75. The summed E-state index contributed by atoms with van der Waals surface area (Å²) in [6.45, 7) is 4.00. The van der Waals surface area contributed by atoms with Gasteiger partial charge in [0.25, 0.3) is 0 Å². The average Bonchev–Trinajstić information content (AvgIpc) is 2.08. The lowest BCUT2D eigenvalue weighted by Gasteiger charge is -2.02. The Hall–Kier alpha value is -0.630. The molecule has 12 heavy (non-hydrogen) atoms. The Bertz CT molecular complexity index is 189. The van der Waals surface area contributed by atoms with E-state index in [0.717, 1.165) is 0 Å². The van der Waals surface area contributed by atoms with Crippen molar-refractivity contribution in [2.24, 2.45) is 0 Å². The Labute approximate surface area is 73.6 Å². The van der Waals surface area contributed by atoms with E-state index >= 15 is 0 Å². The lowest BCUT2D eigenvalue weighted by Crippen LogP contribution is -1.82. The van der Waals surface area contributed by atoms with Crippen molar-refractivity contribution in [3.63, 3.8) is 0 Å². The Morgan fingerprint density at radius 1 is 1.08 bits per heavy atom. The summed E-state index contributed by atoms with van der Waals surface area (Å²) in [6.07, 6.45) is 0. The maximum atomic E-state index is 8.40. The molecule has 0 unspecified atom stereocenters. The molecular weight excluding hydrogens is 175 g/mol. The van der Waals surface area contributed by atoms with Gasteiger partial charge in [0.15, 0.2) is 0 Å². The van der Waals surface area contributed by atoms with Crippen molar-refractivity contribution in [1.29, 1.82) is 0 Å². The molecule has 4 heteroatoms. The van der Waals surface area contributed by atoms with E-state index in [1.165, 1.54) is 0 Å². The van der Waals surface area contributed by atoms with Crippen LogP contribution in [0.25, 0.3) is 0 Å². The monoisotopic (exact) mass is 188 g/mol. The molecule has 1 aromatic carbocycles. The first kappa shape index (κ1) is 11.4. The van der Waals surface area contributed by atoms with Crippen molar-refractivity contribution in [3.05, 3.63) is 30.3 Å². The Kier molecular flexibility index (Phi) is 6.67. The summed E-state index contributed by atoms with van der Waals surface area (Å²) >= 11 is 0. The second-order valence-corrected chi connectivity index (χ2v) is 2.35. The SMILES string of the molecule is CC.OP(O)Oc1ccccc1. The maximum Gasteiger partial charge on any atom is 0.391 e. The summed E-state index contributed by atoms with van der Waals surface area (Å²) in [6, 6.07) is 8.65. The summed E-state index contributed by atoms with van der Waals surface area (Å²) in [4.78, 5) is 16.8. The minimum Gasteiger partial charge on any atom is -0.427 e. The van der Waals surface area contributed by atoms with Crippen molar-refractivity contribution in [2.75, 3.05) is 0 Å². The Morgan fingerprint density at radius 3 is 2.00 bits per heavy atom. The van der Waals surface area contributed by atoms with Gasteiger partial charge in [-0.05, 0) is 12.1 Å². The summed E-state index contributed by atoms with van der Waals surface area (Å²) in [7, 11) is -2.28. The summed E-state index contributed by atoms with van der Waals surface area (Å²) in [5, 5.41) is 0. The number of benzene rings is 1. The van der Waals surface area contributed by atoms with Crippen molar-refractivity contribution in [3.8, 4) is 5.75 Å². The first-order valence-corrected chi connectivity index (χ1v) is 4.86. The van der Waals surface area contributed by atoms with Crippen LogP contribution in [0.1, 0.15) is 13.8 Å². The predicted octanol–water partition coefficient (Wildman–Crippen LogP) is 2.30. The van der Waals surface area contributed by atoms with E-state index in [2.05, 4.69) is 4.52 Å². The zero-order valence-electron chi connectivity index (χ0n) is 7.14. The molecule has 0 radical (unpaired) electrons. The van der Waals surface area contributed by atoms with Crippen LogP contribution >= 0.6 is 8.60 Å². The lowest BCUT2D eigenvalue weighted by molar-refractivity contribution is 0.375. The minimum absolute atomic E-state index is 0.471. The first-order chi connectivity index (χ1) is 5.79. The zero-order chi connectivity index (χ0) is 9.40. The predicted molar refractivity (Wildman–Crippen MR) is 49.8 cm³/mol. The van der Waals surface area contributed by atoms with Crippen LogP contribution in [-0.4, -0.2) is 9.79 Å². The Balaban J connectivity index is 0.000000561. The molecule has 0 atom stereocenters. The highest BCUT2D eigenvalue weighted by Gasteiger charge is 1.99. The fraction of sp³-hybridized carbons (Fsp3) is 0.250. The lowest BCUT2D eigenvalue weighted by atomic mass is 10.3. The molecule has 0 saturated heterocycles. The van der Waals surface area contributed by atoms with Crippen molar-refractivity contribution >= 4 is 8.60 Å². The van der Waals surface area contributed by atoms with Gasteiger partial charge in [0.1, 0.15) is 5.75 Å². The molecule has 0 heterocycles. The van der Waals surface area contributed by atoms with Gasteiger partial charge in [0.2, 0.25) is 0 Å². The molecule has 0 aliphatic heterocycles. The fourth-order valence-corrected chi connectivity index (χ4v) is 0.886. The summed E-state index contributed by atoms with van der Waals surface area (Å²) < 4.78 is 4.59. The zero-order valence-corrected chi connectivity index (χ0v) is 8.03. The summed E-state index contributed by atoms with van der Waals surface area (Å²) in [5.41, 5.74) is 0. The number of hydrogen-bond donors (Lipinski definition) is 2. The quantitative estimate of drug-likeness (QED) is 0.700. The van der Waals surface area contributed by atoms with E-state index in [4.69, 9.17) is 9.79 Å². The van der Waals surface area contributed by atoms with Gasteiger partial charge in [-0.1, -0.05) is 32.0 Å².